The Morgan fingerprint density at radius 1 is 1.33 bits per heavy atom. The number of likely N-dealkylation sites (tertiary alicyclic amines) is 1. The van der Waals surface area contributed by atoms with E-state index in [0.29, 0.717) is 25.4 Å². The topological polar surface area (TPSA) is 46.3 Å². The van der Waals surface area contributed by atoms with E-state index < -0.39 is 11.7 Å². The van der Waals surface area contributed by atoms with Gasteiger partial charge in [-0.2, -0.15) is 13.2 Å². The zero-order valence-corrected chi connectivity index (χ0v) is 14.7. The van der Waals surface area contributed by atoms with Crippen LogP contribution >= 0.6 is 12.4 Å². The summed E-state index contributed by atoms with van der Waals surface area (Å²) >= 11 is 0. The molecule has 2 N–H and O–H groups in total. The summed E-state index contributed by atoms with van der Waals surface area (Å²) in [6.07, 6.45) is -3.12. The minimum absolute atomic E-state index is 0. The number of hydrogen-bond acceptors (Lipinski definition) is 2. The molecule has 3 atom stereocenters. The van der Waals surface area contributed by atoms with Crippen molar-refractivity contribution in [2.45, 2.75) is 44.8 Å². The van der Waals surface area contributed by atoms with Crippen molar-refractivity contribution in [1.82, 2.24) is 4.90 Å². The SMILES string of the molecule is CC(CC(=O)N1CC(CN)CC1C)c1ccc(C(F)(F)F)cc1.Cl. The van der Waals surface area contributed by atoms with Crippen LogP contribution in [0.15, 0.2) is 24.3 Å². The molecule has 24 heavy (non-hydrogen) atoms. The Bertz CT molecular complexity index is 548. The van der Waals surface area contributed by atoms with E-state index in [4.69, 9.17) is 5.73 Å². The minimum Gasteiger partial charge on any atom is -0.340 e. The van der Waals surface area contributed by atoms with Gasteiger partial charge >= 0.3 is 6.18 Å². The third-order valence-electron chi connectivity index (χ3n) is 4.60. The molecule has 0 radical (unpaired) electrons. The molecule has 1 aromatic carbocycles. The number of alkyl halides is 3. The van der Waals surface area contributed by atoms with Gasteiger partial charge in [0, 0.05) is 19.0 Å². The van der Waals surface area contributed by atoms with Gasteiger partial charge in [-0.3, -0.25) is 4.79 Å². The molecule has 1 aliphatic heterocycles. The van der Waals surface area contributed by atoms with Crippen LogP contribution in [0, 0.1) is 5.92 Å². The molecule has 0 aliphatic carbocycles. The Balaban J connectivity index is 0.00000288. The summed E-state index contributed by atoms with van der Waals surface area (Å²) in [5, 5.41) is 0. The van der Waals surface area contributed by atoms with Gasteiger partial charge in [-0.15, -0.1) is 12.4 Å². The second-order valence-corrected chi connectivity index (χ2v) is 6.46. The summed E-state index contributed by atoms with van der Waals surface area (Å²) < 4.78 is 37.7. The minimum atomic E-state index is -4.33. The van der Waals surface area contributed by atoms with Crippen molar-refractivity contribution in [3.8, 4) is 0 Å². The first-order chi connectivity index (χ1) is 10.7. The molecular formula is C17H24ClF3N2O. The Morgan fingerprint density at radius 3 is 2.38 bits per heavy atom. The summed E-state index contributed by atoms with van der Waals surface area (Å²) in [4.78, 5) is 14.3. The number of halogens is 4. The highest BCUT2D eigenvalue weighted by Crippen LogP contribution is 2.31. The van der Waals surface area contributed by atoms with Gasteiger partial charge in [0.15, 0.2) is 0 Å². The molecule has 0 spiro atoms. The fourth-order valence-corrected chi connectivity index (χ4v) is 3.16. The average molecular weight is 365 g/mol. The lowest BCUT2D eigenvalue weighted by atomic mass is 9.96. The normalized spacial score (nSPS) is 22.2. The van der Waals surface area contributed by atoms with Crippen molar-refractivity contribution in [3.05, 3.63) is 35.4 Å². The maximum atomic E-state index is 12.6. The lowest BCUT2D eigenvalue weighted by Crippen LogP contribution is -2.35. The Morgan fingerprint density at radius 2 is 1.92 bits per heavy atom. The van der Waals surface area contributed by atoms with Crippen LogP contribution in [0.1, 0.15) is 43.7 Å². The maximum Gasteiger partial charge on any atom is 0.416 e. The largest absolute Gasteiger partial charge is 0.416 e. The number of rotatable bonds is 4. The van der Waals surface area contributed by atoms with Crippen molar-refractivity contribution in [2.24, 2.45) is 11.7 Å². The third-order valence-corrected chi connectivity index (χ3v) is 4.60. The molecule has 7 heteroatoms. The molecule has 1 saturated heterocycles. The van der Waals surface area contributed by atoms with Gasteiger partial charge in [0.2, 0.25) is 5.91 Å². The number of nitrogens with zero attached hydrogens (tertiary/aromatic N) is 1. The van der Waals surface area contributed by atoms with Gasteiger partial charge in [0.1, 0.15) is 0 Å². The van der Waals surface area contributed by atoms with Gasteiger partial charge < -0.3 is 10.6 Å². The first kappa shape index (κ1) is 20.8. The lowest BCUT2D eigenvalue weighted by molar-refractivity contribution is -0.137. The quantitative estimate of drug-likeness (QED) is 0.882. The van der Waals surface area contributed by atoms with E-state index in [9.17, 15) is 18.0 Å². The smallest absolute Gasteiger partial charge is 0.340 e. The number of carbonyl (C=O) groups excluding carboxylic acids is 1. The highest BCUT2D eigenvalue weighted by atomic mass is 35.5. The summed E-state index contributed by atoms with van der Waals surface area (Å²) in [5.41, 5.74) is 5.75. The van der Waals surface area contributed by atoms with Crippen molar-refractivity contribution in [2.75, 3.05) is 13.1 Å². The van der Waals surface area contributed by atoms with Crippen LogP contribution in [0.25, 0.3) is 0 Å². The van der Waals surface area contributed by atoms with Crippen molar-refractivity contribution >= 4 is 18.3 Å². The molecular weight excluding hydrogens is 341 g/mol. The summed E-state index contributed by atoms with van der Waals surface area (Å²) in [6.45, 7) is 5.12. The Hall–Kier alpha value is -1.27. The highest BCUT2D eigenvalue weighted by Gasteiger charge is 2.32. The molecule has 2 rings (SSSR count). The predicted molar refractivity (Wildman–Crippen MR) is 90.1 cm³/mol. The predicted octanol–water partition coefficient (Wildman–Crippen LogP) is 3.82. The summed E-state index contributed by atoms with van der Waals surface area (Å²) in [6, 6.07) is 5.22. The van der Waals surface area contributed by atoms with Crippen LogP contribution in [0.5, 0.6) is 0 Å². The van der Waals surface area contributed by atoms with Crippen LogP contribution < -0.4 is 5.73 Å². The zero-order valence-electron chi connectivity index (χ0n) is 13.8. The molecule has 3 nitrogen and oxygen atoms in total. The Kier molecular flexibility index (Phi) is 7.10. The second kappa shape index (κ2) is 8.21. The number of benzene rings is 1. The van der Waals surface area contributed by atoms with Crippen molar-refractivity contribution in [3.63, 3.8) is 0 Å². The van der Waals surface area contributed by atoms with Gasteiger partial charge in [-0.25, -0.2) is 0 Å². The molecule has 1 heterocycles. The molecule has 136 valence electrons. The third kappa shape index (κ3) is 4.86. The average Bonchev–Trinajstić information content (AvgIpc) is 2.87. The van der Waals surface area contributed by atoms with Gasteiger partial charge in [-0.05, 0) is 49.4 Å². The number of carbonyl (C=O) groups is 1. The van der Waals surface area contributed by atoms with E-state index in [1.807, 2.05) is 18.7 Å². The van der Waals surface area contributed by atoms with Gasteiger partial charge in [0.25, 0.3) is 0 Å². The van der Waals surface area contributed by atoms with E-state index in [1.54, 1.807) is 0 Å². The molecule has 1 fully saturated rings. The number of hydrogen-bond donors (Lipinski definition) is 1. The van der Waals surface area contributed by atoms with Crippen LogP contribution in [-0.4, -0.2) is 29.9 Å². The number of amides is 1. The lowest BCUT2D eigenvalue weighted by Gasteiger charge is -2.23. The number of nitrogens with two attached hydrogens (primary N) is 1. The molecule has 1 aromatic rings. The standard InChI is InChI=1S/C17H23F3N2O.ClH/c1-11(14-3-5-15(6-4-14)17(18,19)20)7-16(23)22-10-13(9-21)8-12(22)2;/h3-6,11-13H,7-10,21H2,1-2H3;1H. The van der Waals surface area contributed by atoms with E-state index in [1.165, 1.54) is 12.1 Å². The first-order valence-electron chi connectivity index (χ1n) is 7.89. The molecule has 0 aromatic heterocycles. The van der Waals surface area contributed by atoms with E-state index >= 15 is 0 Å². The fourth-order valence-electron chi connectivity index (χ4n) is 3.16. The van der Waals surface area contributed by atoms with E-state index in [2.05, 4.69) is 0 Å². The maximum absolute atomic E-state index is 12.6. The molecule has 0 saturated carbocycles. The zero-order chi connectivity index (χ0) is 17.2. The van der Waals surface area contributed by atoms with Gasteiger partial charge in [-0.1, -0.05) is 19.1 Å². The van der Waals surface area contributed by atoms with Gasteiger partial charge in [0.05, 0.1) is 5.56 Å². The van der Waals surface area contributed by atoms with Crippen LogP contribution in [-0.2, 0) is 11.0 Å². The van der Waals surface area contributed by atoms with Crippen LogP contribution in [0.3, 0.4) is 0 Å². The molecule has 1 aliphatic rings. The monoisotopic (exact) mass is 364 g/mol. The first-order valence-corrected chi connectivity index (χ1v) is 7.89. The second-order valence-electron chi connectivity index (χ2n) is 6.46. The van der Waals surface area contributed by atoms with Crippen molar-refractivity contribution < 1.29 is 18.0 Å². The van der Waals surface area contributed by atoms with E-state index in [0.717, 1.165) is 24.1 Å². The van der Waals surface area contributed by atoms with E-state index in [-0.39, 0.29) is 30.3 Å². The fraction of sp³-hybridized carbons (Fsp3) is 0.588. The van der Waals surface area contributed by atoms with Crippen LogP contribution in [0.4, 0.5) is 13.2 Å². The Labute approximate surface area is 146 Å². The molecule has 3 unspecified atom stereocenters. The molecule has 0 bridgehead atoms. The summed E-state index contributed by atoms with van der Waals surface area (Å²) in [7, 11) is 0. The highest BCUT2D eigenvalue weighted by molar-refractivity contribution is 5.85. The summed E-state index contributed by atoms with van der Waals surface area (Å²) in [5.74, 6) is 0.269. The van der Waals surface area contributed by atoms with Crippen LogP contribution in [0.2, 0.25) is 0 Å². The van der Waals surface area contributed by atoms with Crippen molar-refractivity contribution in [1.29, 1.82) is 0 Å². The molecule has 1 amide bonds.